The number of aliphatic hydroxyl groups excluding tert-OH is 2. The summed E-state index contributed by atoms with van der Waals surface area (Å²) >= 11 is 5.59. The number of nitroso groups, excluding NO2 is 1. The number of methoxy groups -OCH3 is 1. The first-order valence-corrected chi connectivity index (χ1v) is 13.6. The molecule has 0 radical (unpaired) electrons. The van der Waals surface area contributed by atoms with Gasteiger partial charge in [0.15, 0.2) is 12.4 Å². The summed E-state index contributed by atoms with van der Waals surface area (Å²) in [5.41, 5.74) is 0. The summed E-state index contributed by atoms with van der Waals surface area (Å²) in [6.45, 7) is 1.51. The lowest BCUT2D eigenvalue weighted by molar-refractivity contribution is -0.265. The van der Waals surface area contributed by atoms with Crippen molar-refractivity contribution in [1.82, 2.24) is 10.3 Å². The maximum atomic E-state index is 12.5. The molecule has 0 aliphatic carbocycles. The van der Waals surface area contributed by atoms with E-state index in [-0.39, 0.29) is 18.8 Å². The van der Waals surface area contributed by atoms with Crippen molar-refractivity contribution in [2.24, 2.45) is 5.29 Å². The number of ether oxygens (including phenoxy) is 3. The van der Waals surface area contributed by atoms with Gasteiger partial charge in [-0.15, -0.1) is 16.5 Å². The van der Waals surface area contributed by atoms with E-state index in [1.165, 1.54) is 52.1 Å². The van der Waals surface area contributed by atoms with Crippen molar-refractivity contribution in [2.75, 3.05) is 26.1 Å². The molecule has 0 aromatic carbocycles. The summed E-state index contributed by atoms with van der Waals surface area (Å²) < 4.78 is 16.2. The van der Waals surface area contributed by atoms with Crippen LogP contribution in [0.2, 0.25) is 0 Å². The van der Waals surface area contributed by atoms with Gasteiger partial charge < -0.3 is 29.7 Å². The quantitative estimate of drug-likeness (QED) is 0.0744. The highest BCUT2D eigenvalue weighted by Crippen LogP contribution is 2.25. The van der Waals surface area contributed by atoms with E-state index in [1.54, 1.807) is 0 Å². The topological polar surface area (TPSA) is 147 Å². The third kappa shape index (κ3) is 11.7. The number of halogens is 1. The molecule has 5 unspecified atom stereocenters. The smallest absolute Gasteiger partial charge is 0.340 e. The van der Waals surface area contributed by atoms with E-state index in [4.69, 9.17) is 25.8 Å². The summed E-state index contributed by atoms with van der Waals surface area (Å²) in [6, 6.07) is -2.07. The minimum absolute atomic E-state index is 0.0272. The number of amides is 2. The minimum atomic E-state index is -1.43. The molecule has 210 valence electrons. The minimum Gasteiger partial charge on any atom is -0.457 e. The fraction of sp³-hybridized carbons (Fsp3) is 0.917. The Bertz CT molecular complexity index is 630. The van der Waals surface area contributed by atoms with Gasteiger partial charge in [-0.05, 0) is 6.42 Å². The van der Waals surface area contributed by atoms with E-state index < -0.39 is 49.3 Å². The van der Waals surface area contributed by atoms with Gasteiger partial charge in [-0.25, -0.2) is 4.79 Å². The number of esters is 1. The number of rotatable bonds is 19. The number of hydrogen-bond donors (Lipinski definition) is 3. The molecule has 0 saturated carbocycles. The van der Waals surface area contributed by atoms with Crippen LogP contribution in [0.25, 0.3) is 0 Å². The third-order valence-electron chi connectivity index (χ3n) is 6.26. The predicted octanol–water partition coefficient (Wildman–Crippen LogP) is 3.62. The highest BCUT2D eigenvalue weighted by atomic mass is 35.5. The zero-order valence-electron chi connectivity index (χ0n) is 21.6. The second-order valence-corrected chi connectivity index (χ2v) is 9.44. The summed E-state index contributed by atoms with van der Waals surface area (Å²) in [5, 5.41) is 25.8. The first-order chi connectivity index (χ1) is 17.4. The molecule has 1 fully saturated rings. The first-order valence-electron chi connectivity index (χ1n) is 13.1. The van der Waals surface area contributed by atoms with Gasteiger partial charge in [-0.2, -0.15) is 5.01 Å². The van der Waals surface area contributed by atoms with Crippen LogP contribution < -0.4 is 5.32 Å². The van der Waals surface area contributed by atoms with E-state index in [2.05, 4.69) is 17.5 Å². The molecule has 1 aliphatic heterocycles. The number of carbonyl (C=O) groups is 2. The average Bonchev–Trinajstić information content (AvgIpc) is 2.87. The molecule has 11 nitrogen and oxygen atoms in total. The van der Waals surface area contributed by atoms with Gasteiger partial charge in [0.1, 0.15) is 18.2 Å². The van der Waals surface area contributed by atoms with Gasteiger partial charge in [0.05, 0.1) is 18.4 Å². The van der Waals surface area contributed by atoms with Gasteiger partial charge in [-0.1, -0.05) is 71.1 Å². The van der Waals surface area contributed by atoms with Gasteiger partial charge in [0, 0.05) is 19.4 Å². The summed E-state index contributed by atoms with van der Waals surface area (Å²) in [7, 11) is 1.30. The zero-order valence-corrected chi connectivity index (χ0v) is 22.4. The predicted molar refractivity (Wildman–Crippen MR) is 135 cm³/mol. The van der Waals surface area contributed by atoms with Crippen LogP contribution in [0.1, 0.15) is 84.0 Å². The SMILES string of the molecule is CCCCCCCCCCCCCC(=O)OC1C(O)C(CO)OC(OC)C1NC(=O)N(CCCl)N=O. The van der Waals surface area contributed by atoms with Crippen LogP contribution in [0.15, 0.2) is 5.29 Å². The molecule has 0 spiro atoms. The van der Waals surface area contributed by atoms with Crippen LogP contribution in [0.3, 0.4) is 0 Å². The normalized spacial score (nSPS) is 23.8. The Balaban J connectivity index is 2.56. The van der Waals surface area contributed by atoms with Crippen molar-refractivity contribution in [2.45, 2.75) is 115 Å². The van der Waals surface area contributed by atoms with E-state index in [1.807, 2.05) is 0 Å². The van der Waals surface area contributed by atoms with Gasteiger partial charge >= 0.3 is 12.0 Å². The van der Waals surface area contributed by atoms with Crippen molar-refractivity contribution < 1.29 is 34.0 Å². The molecule has 36 heavy (non-hydrogen) atoms. The highest BCUT2D eigenvalue weighted by Gasteiger charge is 2.48. The molecule has 0 aromatic heterocycles. The average molecular weight is 538 g/mol. The second-order valence-electron chi connectivity index (χ2n) is 9.06. The molecule has 0 aromatic rings. The summed E-state index contributed by atoms with van der Waals surface area (Å²) in [6.07, 6.45) is 7.80. The number of unbranched alkanes of at least 4 members (excludes halogenated alkanes) is 10. The van der Waals surface area contributed by atoms with Crippen molar-refractivity contribution in [3.8, 4) is 0 Å². The molecule has 3 N–H and O–H groups in total. The van der Waals surface area contributed by atoms with Crippen molar-refractivity contribution >= 4 is 23.6 Å². The van der Waals surface area contributed by atoms with Gasteiger partial charge in [-0.3, -0.25) is 4.79 Å². The molecule has 1 heterocycles. The Labute approximate surface area is 219 Å². The fourth-order valence-corrected chi connectivity index (χ4v) is 4.34. The lowest BCUT2D eigenvalue weighted by atomic mass is 9.96. The maximum absolute atomic E-state index is 12.5. The molecule has 1 saturated heterocycles. The lowest BCUT2D eigenvalue weighted by Gasteiger charge is -2.43. The van der Waals surface area contributed by atoms with Crippen molar-refractivity contribution in [3.63, 3.8) is 0 Å². The Morgan fingerprint density at radius 2 is 1.64 bits per heavy atom. The number of hydrogen-bond acceptors (Lipinski definition) is 9. The Kier molecular flexibility index (Phi) is 17.7. The summed E-state index contributed by atoms with van der Waals surface area (Å²) in [4.78, 5) is 36.0. The summed E-state index contributed by atoms with van der Waals surface area (Å²) in [5.74, 6) is -0.575. The molecule has 1 rings (SSSR count). The van der Waals surface area contributed by atoms with Crippen LogP contribution in [-0.4, -0.2) is 84.0 Å². The number of aliphatic hydroxyl groups is 2. The maximum Gasteiger partial charge on any atom is 0.340 e. The van der Waals surface area contributed by atoms with Crippen LogP contribution >= 0.6 is 11.6 Å². The van der Waals surface area contributed by atoms with Crippen molar-refractivity contribution in [1.29, 1.82) is 0 Å². The van der Waals surface area contributed by atoms with Gasteiger partial charge in [0.25, 0.3) is 0 Å². The van der Waals surface area contributed by atoms with Crippen LogP contribution in [-0.2, 0) is 19.0 Å². The molecule has 2 amide bonds. The Morgan fingerprint density at radius 1 is 1.06 bits per heavy atom. The van der Waals surface area contributed by atoms with E-state index in [9.17, 15) is 24.7 Å². The Hall–Kier alpha value is -1.53. The molecular formula is C24H44ClN3O8. The molecule has 5 atom stereocenters. The zero-order chi connectivity index (χ0) is 26.8. The monoisotopic (exact) mass is 537 g/mol. The van der Waals surface area contributed by atoms with E-state index in [0.29, 0.717) is 11.4 Å². The van der Waals surface area contributed by atoms with Crippen LogP contribution in [0.5, 0.6) is 0 Å². The number of carbonyl (C=O) groups excluding carboxylic acids is 2. The molecule has 0 bridgehead atoms. The van der Waals surface area contributed by atoms with Crippen LogP contribution in [0, 0.1) is 4.91 Å². The first kappa shape index (κ1) is 32.5. The molecule has 12 heteroatoms. The third-order valence-corrected chi connectivity index (χ3v) is 6.43. The van der Waals surface area contributed by atoms with Crippen LogP contribution in [0.4, 0.5) is 4.79 Å². The largest absolute Gasteiger partial charge is 0.457 e. The number of alkyl halides is 1. The number of nitrogens with one attached hydrogen (secondary N) is 1. The van der Waals surface area contributed by atoms with Crippen molar-refractivity contribution in [3.05, 3.63) is 4.91 Å². The number of urea groups is 1. The van der Waals surface area contributed by atoms with E-state index >= 15 is 0 Å². The molecular weight excluding hydrogens is 494 g/mol. The van der Waals surface area contributed by atoms with Gasteiger partial charge in [0.2, 0.25) is 0 Å². The highest BCUT2D eigenvalue weighted by molar-refractivity contribution is 6.18. The molecule has 1 aliphatic rings. The van der Waals surface area contributed by atoms with E-state index in [0.717, 1.165) is 19.3 Å². The fourth-order valence-electron chi connectivity index (χ4n) is 4.18. The Morgan fingerprint density at radius 3 is 2.14 bits per heavy atom. The second kappa shape index (κ2) is 19.6. The standard InChI is InChI=1S/C24H44ClN3O8/c1-3-4-5-6-7-8-9-10-11-12-13-14-19(30)36-22-20(26-24(32)28(27-33)16-15-25)23(34-2)35-18(17-29)21(22)31/h18,20-23,29,31H,3-17H2,1-2H3,(H,26,32). The lowest BCUT2D eigenvalue weighted by Crippen LogP contribution is -2.66. The number of nitrogens with zero attached hydrogens (tertiary/aromatic N) is 2.